The van der Waals surface area contributed by atoms with Gasteiger partial charge >= 0.3 is 0 Å². The molecule has 2 aromatic rings. The minimum absolute atomic E-state index is 0.197. The van der Waals surface area contributed by atoms with Crippen LogP contribution in [0.3, 0.4) is 0 Å². The van der Waals surface area contributed by atoms with Crippen molar-refractivity contribution >= 4 is 5.78 Å². The molecule has 5 heteroatoms. The molecule has 1 aromatic carbocycles. The molecule has 0 unspecified atom stereocenters. The van der Waals surface area contributed by atoms with Gasteiger partial charge in [-0.1, -0.05) is 17.3 Å². The van der Waals surface area contributed by atoms with E-state index in [-0.39, 0.29) is 17.2 Å². The van der Waals surface area contributed by atoms with Crippen molar-refractivity contribution in [1.29, 1.82) is 0 Å². The molecule has 2 rings (SSSR count). The van der Waals surface area contributed by atoms with Gasteiger partial charge in [-0.05, 0) is 12.1 Å². The first kappa shape index (κ1) is 9.51. The Morgan fingerprint density at radius 3 is 2.73 bits per heavy atom. The summed E-state index contributed by atoms with van der Waals surface area (Å²) in [7, 11) is 0. The van der Waals surface area contributed by atoms with Crippen molar-refractivity contribution in [3.05, 3.63) is 42.0 Å². The molecule has 0 fully saturated rings. The summed E-state index contributed by atoms with van der Waals surface area (Å²) in [4.78, 5) is 11.0. The van der Waals surface area contributed by atoms with Gasteiger partial charge in [0.2, 0.25) is 0 Å². The first-order valence-corrected chi connectivity index (χ1v) is 4.36. The minimum Gasteiger partial charge on any atom is -0.293 e. The predicted molar refractivity (Wildman–Crippen MR) is 51.3 cm³/mol. The number of carbonyl (C=O) groups excluding carboxylic acids is 1. The molecule has 0 aliphatic rings. The van der Waals surface area contributed by atoms with Gasteiger partial charge in [-0.15, -0.1) is 5.10 Å². The van der Waals surface area contributed by atoms with Gasteiger partial charge in [0.05, 0.1) is 6.20 Å². The Hall–Kier alpha value is -2.04. The number of aromatic nitrogens is 3. The lowest BCUT2D eigenvalue weighted by Gasteiger charge is -1.99. The second-order valence-corrected chi connectivity index (χ2v) is 3.06. The SMILES string of the molecule is CC(=O)c1cn(-c2ccccc2F)nn1. The van der Waals surface area contributed by atoms with Crippen LogP contribution in [-0.2, 0) is 0 Å². The minimum atomic E-state index is -0.405. The molecule has 0 saturated heterocycles. The fourth-order valence-corrected chi connectivity index (χ4v) is 1.18. The third kappa shape index (κ3) is 1.76. The Morgan fingerprint density at radius 1 is 1.40 bits per heavy atom. The molecule has 0 saturated carbocycles. The highest BCUT2D eigenvalue weighted by Gasteiger charge is 2.08. The van der Waals surface area contributed by atoms with Crippen molar-refractivity contribution in [3.63, 3.8) is 0 Å². The molecule has 15 heavy (non-hydrogen) atoms. The molecule has 76 valence electrons. The van der Waals surface area contributed by atoms with Crippen molar-refractivity contribution in [2.75, 3.05) is 0 Å². The Bertz CT molecular complexity index is 507. The number of benzene rings is 1. The molecule has 0 aliphatic carbocycles. The van der Waals surface area contributed by atoms with E-state index in [1.54, 1.807) is 18.2 Å². The number of nitrogens with zero attached hydrogens (tertiary/aromatic N) is 3. The van der Waals surface area contributed by atoms with Crippen LogP contribution in [0.4, 0.5) is 4.39 Å². The molecule has 0 amide bonds. The quantitative estimate of drug-likeness (QED) is 0.700. The highest BCUT2D eigenvalue weighted by molar-refractivity contribution is 5.91. The summed E-state index contributed by atoms with van der Waals surface area (Å²) in [6.45, 7) is 1.38. The largest absolute Gasteiger partial charge is 0.293 e. The first-order chi connectivity index (χ1) is 7.18. The van der Waals surface area contributed by atoms with Crippen LogP contribution in [0.25, 0.3) is 5.69 Å². The molecular weight excluding hydrogens is 197 g/mol. The normalized spacial score (nSPS) is 10.3. The van der Waals surface area contributed by atoms with Crippen LogP contribution in [0.15, 0.2) is 30.5 Å². The number of rotatable bonds is 2. The van der Waals surface area contributed by atoms with Crippen LogP contribution < -0.4 is 0 Å². The van der Waals surface area contributed by atoms with Crippen molar-refractivity contribution in [3.8, 4) is 5.69 Å². The summed E-state index contributed by atoms with van der Waals surface area (Å²) in [5.74, 6) is -0.602. The third-order valence-electron chi connectivity index (χ3n) is 1.95. The summed E-state index contributed by atoms with van der Waals surface area (Å²) in [6, 6.07) is 6.16. The maximum Gasteiger partial charge on any atom is 0.181 e. The van der Waals surface area contributed by atoms with Crippen LogP contribution in [0.5, 0.6) is 0 Å². The van der Waals surface area contributed by atoms with E-state index >= 15 is 0 Å². The fourth-order valence-electron chi connectivity index (χ4n) is 1.18. The third-order valence-corrected chi connectivity index (χ3v) is 1.95. The van der Waals surface area contributed by atoms with Crippen molar-refractivity contribution in [1.82, 2.24) is 15.0 Å². The Morgan fingerprint density at radius 2 is 2.13 bits per heavy atom. The van der Waals surface area contributed by atoms with Crippen LogP contribution in [0.2, 0.25) is 0 Å². The van der Waals surface area contributed by atoms with Gasteiger partial charge in [0.25, 0.3) is 0 Å². The molecule has 1 heterocycles. The summed E-state index contributed by atoms with van der Waals surface area (Å²) < 4.78 is 14.6. The van der Waals surface area contributed by atoms with Gasteiger partial charge in [0, 0.05) is 6.92 Å². The summed E-state index contributed by atoms with van der Waals surface area (Å²) in [6.07, 6.45) is 1.40. The molecule has 0 radical (unpaired) electrons. The highest BCUT2D eigenvalue weighted by atomic mass is 19.1. The molecule has 1 aromatic heterocycles. The van der Waals surface area contributed by atoms with E-state index in [2.05, 4.69) is 10.3 Å². The van der Waals surface area contributed by atoms with Gasteiger partial charge in [-0.3, -0.25) is 4.79 Å². The average Bonchev–Trinajstić information content (AvgIpc) is 2.67. The zero-order chi connectivity index (χ0) is 10.8. The zero-order valence-electron chi connectivity index (χ0n) is 8.01. The van der Waals surface area contributed by atoms with E-state index in [1.165, 1.54) is 23.9 Å². The average molecular weight is 205 g/mol. The summed E-state index contributed by atoms with van der Waals surface area (Å²) in [5.41, 5.74) is 0.496. The molecule has 0 aliphatic heterocycles. The molecule has 4 nitrogen and oxygen atoms in total. The van der Waals surface area contributed by atoms with Gasteiger partial charge in [-0.25, -0.2) is 9.07 Å². The number of para-hydroxylation sites is 1. The lowest BCUT2D eigenvalue weighted by molar-refractivity contribution is 0.101. The van der Waals surface area contributed by atoms with Crippen molar-refractivity contribution in [2.45, 2.75) is 6.92 Å². The molecule has 0 atom stereocenters. The Kier molecular flexibility index (Phi) is 2.29. The van der Waals surface area contributed by atoms with Crippen LogP contribution >= 0.6 is 0 Å². The van der Waals surface area contributed by atoms with E-state index in [0.29, 0.717) is 0 Å². The van der Waals surface area contributed by atoms with Gasteiger partial charge in [0.15, 0.2) is 5.78 Å². The number of halogens is 1. The maximum absolute atomic E-state index is 13.3. The Labute approximate surface area is 85.3 Å². The van der Waals surface area contributed by atoms with Gasteiger partial charge in [0.1, 0.15) is 17.2 Å². The Balaban J connectivity index is 2.46. The standard InChI is InChI=1S/C10H8FN3O/c1-7(15)9-6-14(13-12-9)10-5-3-2-4-8(10)11/h2-6H,1H3. The first-order valence-electron chi connectivity index (χ1n) is 4.36. The van der Waals surface area contributed by atoms with E-state index in [4.69, 9.17) is 0 Å². The number of ketones is 1. The lowest BCUT2D eigenvalue weighted by atomic mass is 10.3. The van der Waals surface area contributed by atoms with E-state index < -0.39 is 5.82 Å². The van der Waals surface area contributed by atoms with E-state index in [0.717, 1.165) is 0 Å². The zero-order valence-corrected chi connectivity index (χ0v) is 8.01. The molecule has 0 bridgehead atoms. The second-order valence-electron chi connectivity index (χ2n) is 3.06. The monoisotopic (exact) mass is 205 g/mol. The number of carbonyl (C=O) groups is 1. The summed E-state index contributed by atoms with van der Waals surface area (Å²) in [5, 5.41) is 7.30. The molecular formula is C10H8FN3O. The van der Waals surface area contributed by atoms with E-state index in [9.17, 15) is 9.18 Å². The summed E-state index contributed by atoms with van der Waals surface area (Å²) >= 11 is 0. The maximum atomic E-state index is 13.3. The number of hydrogen-bond acceptors (Lipinski definition) is 3. The van der Waals surface area contributed by atoms with Crippen molar-refractivity contribution in [2.24, 2.45) is 0 Å². The molecule has 0 N–H and O–H groups in total. The fraction of sp³-hybridized carbons (Fsp3) is 0.100. The van der Waals surface area contributed by atoms with Gasteiger partial charge in [-0.2, -0.15) is 0 Å². The van der Waals surface area contributed by atoms with Gasteiger partial charge < -0.3 is 0 Å². The number of hydrogen-bond donors (Lipinski definition) is 0. The number of Topliss-reactive ketones (excluding diaryl/α,β-unsaturated/α-hetero) is 1. The second kappa shape index (κ2) is 3.61. The van der Waals surface area contributed by atoms with Crippen LogP contribution in [0.1, 0.15) is 17.4 Å². The highest BCUT2D eigenvalue weighted by Crippen LogP contribution is 2.11. The lowest BCUT2D eigenvalue weighted by Crippen LogP contribution is -1.97. The van der Waals surface area contributed by atoms with Crippen LogP contribution in [0, 0.1) is 5.82 Å². The van der Waals surface area contributed by atoms with E-state index in [1.807, 2.05) is 0 Å². The van der Waals surface area contributed by atoms with Crippen molar-refractivity contribution < 1.29 is 9.18 Å². The predicted octanol–water partition coefficient (Wildman–Crippen LogP) is 1.61. The van der Waals surface area contributed by atoms with Crippen LogP contribution in [-0.4, -0.2) is 20.8 Å². The smallest absolute Gasteiger partial charge is 0.181 e. The molecule has 0 spiro atoms. The topological polar surface area (TPSA) is 47.8 Å².